The fraction of sp³-hybridized carbons (Fsp3) is 0.300. The number of amides is 1. The van der Waals surface area contributed by atoms with Gasteiger partial charge in [0.1, 0.15) is 0 Å². The second-order valence-corrected chi connectivity index (χ2v) is 6.59. The molecule has 132 valence electrons. The van der Waals surface area contributed by atoms with Crippen LogP contribution < -0.4 is 5.56 Å². The molecule has 6 nitrogen and oxygen atoms in total. The highest BCUT2D eigenvalue weighted by Gasteiger charge is 2.29. The molecule has 0 bridgehead atoms. The first kappa shape index (κ1) is 16.4. The number of fused-ring (bicyclic) bond motifs is 1. The summed E-state index contributed by atoms with van der Waals surface area (Å²) in [5, 5.41) is 7.65. The van der Waals surface area contributed by atoms with E-state index in [1.807, 2.05) is 23.1 Å². The van der Waals surface area contributed by atoms with E-state index in [-0.39, 0.29) is 17.5 Å². The van der Waals surface area contributed by atoms with Gasteiger partial charge in [0.2, 0.25) is 0 Å². The highest BCUT2D eigenvalue weighted by Crippen LogP contribution is 2.31. The molecule has 0 aliphatic carbocycles. The molecule has 1 fully saturated rings. The number of pyridine rings is 1. The number of nitrogens with zero attached hydrogens (tertiary/aromatic N) is 3. The fourth-order valence-electron chi connectivity index (χ4n) is 3.70. The minimum Gasteiger partial charge on any atom is -0.330 e. The number of hydrogen-bond acceptors (Lipinski definition) is 4. The summed E-state index contributed by atoms with van der Waals surface area (Å²) < 4.78 is 0. The van der Waals surface area contributed by atoms with Crippen molar-refractivity contribution < 1.29 is 4.79 Å². The molecule has 0 unspecified atom stereocenters. The Morgan fingerprint density at radius 2 is 1.81 bits per heavy atom. The van der Waals surface area contributed by atoms with Gasteiger partial charge in [0.05, 0.1) is 11.4 Å². The largest absolute Gasteiger partial charge is 0.330 e. The molecule has 1 aromatic carbocycles. The summed E-state index contributed by atoms with van der Waals surface area (Å²) in [4.78, 5) is 31.4. The van der Waals surface area contributed by atoms with E-state index in [2.05, 4.69) is 15.2 Å². The van der Waals surface area contributed by atoms with Crippen LogP contribution in [0.25, 0.3) is 10.8 Å². The third-order valence-corrected chi connectivity index (χ3v) is 5.00. The second kappa shape index (κ2) is 7.07. The number of rotatable bonds is 2. The van der Waals surface area contributed by atoms with Crippen molar-refractivity contribution in [1.29, 1.82) is 0 Å². The number of aromatic nitrogens is 3. The first-order valence-corrected chi connectivity index (χ1v) is 8.94. The summed E-state index contributed by atoms with van der Waals surface area (Å²) >= 11 is 0. The van der Waals surface area contributed by atoms with E-state index >= 15 is 0 Å². The molecular weight excluding hydrogens is 328 g/mol. The van der Waals surface area contributed by atoms with Crippen molar-refractivity contribution in [1.82, 2.24) is 20.1 Å². The maximum absolute atomic E-state index is 13.4. The number of benzene rings is 1. The molecule has 2 aromatic heterocycles. The minimum atomic E-state index is -0.279. The topological polar surface area (TPSA) is 79.0 Å². The van der Waals surface area contributed by atoms with Gasteiger partial charge < -0.3 is 4.90 Å². The zero-order valence-electron chi connectivity index (χ0n) is 14.4. The zero-order chi connectivity index (χ0) is 17.9. The second-order valence-electron chi connectivity index (χ2n) is 6.59. The van der Waals surface area contributed by atoms with E-state index in [0.717, 1.165) is 31.2 Å². The van der Waals surface area contributed by atoms with Crippen molar-refractivity contribution in [2.45, 2.75) is 31.7 Å². The number of H-pyrrole nitrogens is 1. The Hall–Kier alpha value is -3.02. The van der Waals surface area contributed by atoms with E-state index in [0.29, 0.717) is 23.0 Å². The predicted molar refractivity (Wildman–Crippen MR) is 98.8 cm³/mol. The molecule has 3 aromatic rings. The third kappa shape index (κ3) is 2.98. The highest BCUT2D eigenvalue weighted by molar-refractivity contribution is 6.04. The smallest absolute Gasteiger partial charge is 0.275 e. The maximum Gasteiger partial charge on any atom is 0.275 e. The van der Waals surface area contributed by atoms with Gasteiger partial charge in [-0.3, -0.25) is 14.6 Å². The molecule has 4 rings (SSSR count). The standard InChI is InChI=1S/C20H20N4O2/c25-19-16-7-4-3-6-15(16)18(22-23-19)20(26)24-13-5-1-2-8-17(24)14-9-11-21-12-10-14/h3-4,6-7,9-12,17H,1-2,5,8,13H2,(H,23,25)/t17-/m0/s1. The number of carbonyl (C=O) groups excluding carboxylic acids is 1. The van der Waals surface area contributed by atoms with E-state index in [1.165, 1.54) is 0 Å². The lowest BCUT2D eigenvalue weighted by Crippen LogP contribution is -2.36. The molecule has 0 spiro atoms. The molecule has 0 radical (unpaired) electrons. The summed E-state index contributed by atoms with van der Waals surface area (Å²) in [5.74, 6) is -0.138. The summed E-state index contributed by atoms with van der Waals surface area (Å²) in [6, 6.07) is 11.0. The van der Waals surface area contributed by atoms with Crippen LogP contribution in [-0.4, -0.2) is 32.5 Å². The van der Waals surface area contributed by atoms with Gasteiger partial charge in [-0.15, -0.1) is 0 Å². The van der Waals surface area contributed by atoms with Crippen molar-refractivity contribution >= 4 is 16.7 Å². The summed E-state index contributed by atoms with van der Waals surface area (Å²) in [6.45, 7) is 0.682. The molecule has 3 heterocycles. The number of carbonyl (C=O) groups is 1. The van der Waals surface area contributed by atoms with E-state index in [9.17, 15) is 9.59 Å². The Morgan fingerprint density at radius 3 is 2.62 bits per heavy atom. The lowest BCUT2D eigenvalue weighted by Gasteiger charge is -2.30. The number of hydrogen-bond donors (Lipinski definition) is 1. The van der Waals surface area contributed by atoms with Crippen molar-refractivity contribution in [3.8, 4) is 0 Å². The van der Waals surface area contributed by atoms with E-state index < -0.39 is 0 Å². The van der Waals surface area contributed by atoms with Gasteiger partial charge in [-0.05, 0) is 36.6 Å². The monoisotopic (exact) mass is 348 g/mol. The van der Waals surface area contributed by atoms with Crippen LogP contribution >= 0.6 is 0 Å². The normalized spacial score (nSPS) is 17.8. The number of likely N-dealkylation sites (tertiary alicyclic amines) is 1. The van der Waals surface area contributed by atoms with Crippen LogP contribution in [0, 0.1) is 0 Å². The molecule has 1 aliphatic heterocycles. The molecule has 26 heavy (non-hydrogen) atoms. The van der Waals surface area contributed by atoms with Crippen molar-refractivity contribution in [3.05, 3.63) is 70.4 Å². The summed E-state index contributed by atoms with van der Waals surface area (Å²) in [6.07, 6.45) is 7.58. The average Bonchev–Trinajstić information content (AvgIpc) is 2.95. The van der Waals surface area contributed by atoms with Gasteiger partial charge in [0.15, 0.2) is 5.69 Å². The first-order chi connectivity index (χ1) is 12.8. The third-order valence-electron chi connectivity index (χ3n) is 5.00. The van der Waals surface area contributed by atoms with Crippen molar-refractivity contribution in [2.75, 3.05) is 6.54 Å². The predicted octanol–water partition coefficient (Wildman–Crippen LogP) is 3.08. The summed E-state index contributed by atoms with van der Waals surface area (Å²) in [5.41, 5.74) is 1.11. The molecule has 0 saturated carbocycles. The van der Waals surface area contributed by atoms with Crippen LogP contribution in [0.3, 0.4) is 0 Å². The van der Waals surface area contributed by atoms with Crippen LogP contribution in [0.4, 0.5) is 0 Å². The number of aromatic amines is 1. The van der Waals surface area contributed by atoms with Gasteiger partial charge in [0, 0.05) is 24.3 Å². The van der Waals surface area contributed by atoms with Gasteiger partial charge >= 0.3 is 0 Å². The Labute approximate surface area is 150 Å². The van der Waals surface area contributed by atoms with E-state index in [4.69, 9.17) is 0 Å². The first-order valence-electron chi connectivity index (χ1n) is 8.94. The quantitative estimate of drug-likeness (QED) is 0.772. The van der Waals surface area contributed by atoms with Crippen LogP contribution in [-0.2, 0) is 0 Å². The average molecular weight is 348 g/mol. The van der Waals surface area contributed by atoms with Crippen LogP contribution in [0.1, 0.15) is 47.8 Å². The maximum atomic E-state index is 13.4. The van der Waals surface area contributed by atoms with E-state index in [1.54, 1.807) is 30.6 Å². The van der Waals surface area contributed by atoms with Gasteiger partial charge in [-0.1, -0.05) is 31.0 Å². The molecule has 6 heteroatoms. The Kier molecular flexibility index (Phi) is 4.48. The lowest BCUT2D eigenvalue weighted by atomic mass is 10.0. The molecule has 1 saturated heterocycles. The molecular formula is C20H20N4O2. The minimum absolute atomic E-state index is 0.000454. The van der Waals surface area contributed by atoms with Gasteiger partial charge in [-0.25, -0.2) is 5.10 Å². The number of nitrogens with one attached hydrogen (secondary N) is 1. The van der Waals surface area contributed by atoms with Crippen molar-refractivity contribution in [2.24, 2.45) is 0 Å². The summed E-state index contributed by atoms with van der Waals surface area (Å²) in [7, 11) is 0. The SMILES string of the molecule is O=C(c1n[nH]c(=O)c2ccccc12)N1CCCCC[C@H]1c1ccncc1. The van der Waals surface area contributed by atoms with Crippen LogP contribution in [0.2, 0.25) is 0 Å². The van der Waals surface area contributed by atoms with Crippen molar-refractivity contribution in [3.63, 3.8) is 0 Å². The van der Waals surface area contributed by atoms with Gasteiger partial charge in [0.25, 0.3) is 11.5 Å². The Balaban J connectivity index is 1.78. The molecule has 1 atom stereocenters. The highest BCUT2D eigenvalue weighted by atomic mass is 16.2. The Morgan fingerprint density at radius 1 is 1.04 bits per heavy atom. The zero-order valence-corrected chi connectivity index (χ0v) is 14.4. The molecule has 1 amide bonds. The lowest BCUT2D eigenvalue weighted by molar-refractivity contribution is 0.0675. The molecule has 1 N–H and O–H groups in total. The van der Waals surface area contributed by atoms with Crippen LogP contribution in [0.15, 0.2) is 53.6 Å². The Bertz CT molecular complexity index is 984. The van der Waals surface area contributed by atoms with Crippen LogP contribution in [0.5, 0.6) is 0 Å². The fourth-order valence-corrected chi connectivity index (χ4v) is 3.70. The molecule has 1 aliphatic rings. The van der Waals surface area contributed by atoms with Gasteiger partial charge in [-0.2, -0.15) is 5.10 Å².